The van der Waals surface area contributed by atoms with Gasteiger partial charge in [-0.2, -0.15) is 0 Å². The molecule has 0 bridgehead atoms. The molecule has 0 atom stereocenters. The van der Waals surface area contributed by atoms with E-state index in [2.05, 4.69) is 0 Å². The van der Waals surface area contributed by atoms with E-state index in [-0.39, 0.29) is 11.5 Å². The zero-order valence-electron chi connectivity index (χ0n) is 11.2. The number of carbonyl (C=O) groups is 1. The zero-order chi connectivity index (χ0) is 15.0. The van der Waals surface area contributed by atoms with E-state index >= 15 is 0 Å². The molecular formula is C16H12O5. The quantitative estimate of drug-likeness (QED) is 0.721. The van der Waals surface area contributed by atoms with Gasteiger partial charge in [0.25, 0.3) is 0 Å². The first-order valence-electron chi connectivity index (χ1n) is 6.22. The number of phenolic OH excluding ortho intramolecular Hbond substituents is 2. The molecule has 1 aromatic heterocycles. The number of methoxy groups -OCH3 is 1. The molecule has 0 aliphatic heterocycles. The molecule has 0 amide bonds. The van der Waals surface area contributed by atoms with Crippen LogP contribution in [0.5, 0.6) is 17.2 Å². The topological polar surface area (TPSA) is 79.9 Å². The van der Waals surface area contributed by atoms with Gasteiger partial charge in [0.15, 0.2) is 6.29 Å². The Bertz CT molecular complexity index is 832. The second kappa shape index (κ2) is 4.86. The van der Waals surface area contributed by atoms with E-state index in [1.54, 1.807) is 12.1 Å². The van der Waals surface area contributed by atoms with Crippen LogP contribution in [0.2, 0.25) is 0 Å². The monoisotopic (exact) mass is 284 g/mol. The van der Waals surface area contributed by atoms with Crippen LogP contribution in [0.15, 0.2) is 40.8 Å². The van der Waals surface area contributed by atoms with Crippen LogP contribution in [0.25, 0.3) is 22.3 Å². The summed E-state index contributed by atoms with van der Waals surface area (Å²) in [7, 11) is 1.47. The van der Waals surface area contributed by atoms with Gasteiger partial charge in [-0.25, -0.2) is 0 Å². The van der Waals surface area contributed by atoms with Gasteiger partial charge in [0.1, 0.15) is 28.6 Å². The predicted octanol–water partition coefficient (Wildman–Crippen LogP) is 3.33. The van der Waals surface area contributed by atoms with Crippen molar-refractivity contribution in [2.24, 2.45) is 0 Å². The number of rotatable bonds is 3. The molecule has 5 heteroatoms. The van der Waals surface area contributed by atoms with E-state index in [0.717, 1.165) is 0 Å². The van der Waals surface area contributed by atoms with Crippen LogP contribution < -0.4 is 4.74 Å². The van der Waals surface area contributed by atoms with Crippen molar-refractivity contribution in [3.05, 3.63) is 42.0 Å². The maximum Gasteiger partial charge on any atom is 0.154 e. The Kier molecular flexibility index (Phi) is 3.02. The summed E-state index contributed by atoms with van der Waals surface area (Å²) in [5.41, 5.74) is 1.32. The molecule has 3 rings (SSSR count). The highest BCUT2D eigenvalue weighted by molar-refractivity contribution is 6.03. The lowest BCUT2D eigenvalue weighted by atomic mass is 10.1. The normalized spacial score (nSPS) is 10.7. The number of hydrogen-bond acceptors (Lipinski definition) is 5. The minimum Gasteiger partial charge on any atom is -0.508 e. The number of phenols is 2. The lowest BCUT2D eigenvalue weighted by Crippen LogP contribution is -1.89. The molecule has 0 fully saturated rings. The Hall–Kier alpha value is -2.95. The molecule has 0 saturated carbocycles. The number of fused-ring (bicyclic) bond motifs is 1. The van der Waals surface area contributed by atoms with Crippen LogP contribution in [0.4, 0.5) is 0 Å². The third-order valence-electron chi connectivity index (χ3n) is 3.26. The van der Waals surface area contributed by atoms with E-state index < -0.39 is 0 Å². The average molecular weight is 284 g/mol. The Morgan fingerprint density at radius 3 is 2.52 bits per heavy atom. The summed E-state index contributed by atoms with van der Waals surface area (Å²) in [5.74, 6) is 0.832. The number of benzene rings is 2. The molecular weight excluding hydrogens is 272 g/mol. The van der Waals surface area contributed by atoms with Gasteiger partial charge in [-0.15, -0.1) is 0 Å². The van der Waals surface area contributed by atoms with Crippen molar-refractivity contribution in [1.82, 2.24) is 0 Å². The fourth-order valence-corrected chi connectivity index (χ4v) is 2.29. The number of hydrogen-bond donors (Lipinski definition) is 2. The summed E-state index contributed by atoms with van der Waals surface area (Å²) in [6, 6.07) is 9.08. The van der Waals surface area contributed by atoms with Crippen LogP contribution >= 0.6 is 0 Å². The summed E-state index contributed by atoms with van der Waals surface area (Å²) in [4.78, 5) is 11.4. The highest BCUT2D eigenvalue weighted by Crippen LogP contribution is 2.39. The summed E-state index contributed by atoms with van der Waals surface area (Å²) < 4.78 is 10.9. The van der Waals surface area contributed by atoms with Gasteiger partial charge < -0.3 is 19.4 Å². The Morgan fingerprint density at radius 1 is 1.10 bits per heavy atom. The number of furan rings is 1. The number of carbonyl (C=O) groups excluding carboxylic acids is 1. The van der Waals surface area contributed by atoms with Crippen molar-refractivity contribution in [2.45, 2.75) is 0 Å². The summed E-state index contributed by atoms with van der Waals surface area (Å²) >= 11 is 0. The van der Waals surface area contributed by atoms with Crippen molar-refractivity contribution in [3.8, 4) is 28.6 Å². The molecule has 106 valence electrons. The molecule has 1 heterocycles. The first kappa shape index (κ1) is 13.1. The van der Waals surface area contributed by atoms with E-state index in [1.807, 2.05) is 0 Å². The second-order valence-corrected chi connectivity index (χ2v) is 4.53. The fourth-order valence-electron chi connectivity index (χ4n) is 2.29. The molecule has 0 unspecified atom stereocenters. The van der Waals surface area contributed by atoms with Gasteiger partial charge in [0, 0.05) is 17.5 Å². The van der Waals surface area contributed by atoms with Gasteiger partial charge in [-0.1, -0.05) is 0 Å². The third kappa shape index (κ3) is 2.08. The number of aromatic hydroxyl groups is 2. The van der Waals surface area contributed by atoms with Gasteiger partial charge in [0.05, 0.1) is 18.2 Å². The molecule has 0 saturated heterocycles. The molecule has 2 N–H and O–H groups in total. The summed E-state index contributed by atoms with van der Waals surface area (Å²) in [6.07, 6.45) is 0.699. The van der Waals surface area contributed by atoms with E-state index in [9.17, 15) is 15.0 Å². The molecule has 2 aromatic carbocycles. The van der Waals surface area contributed by atoms with Crippen molar-refractivity contribution in [2.75, 3.05) is 7.11 Å². The Balaban J connectivity index is 2.32. The van der Waals surface area contributed by atoms with Crippen molar-refractivity contribution in [1.29, 1.82) is 0 Å². The summed E-state index contributed by atoms with van der Waals surface area (Å²) in [5, 5.41) is 19.6. The smallest absolute Gasteiger partial charge is 0.154 e. The van der Waals surface area contributed by atoms with Gasteiger partial charge in [-0.05, 0) is 24.3 Å². The fraction of sp³-hybridized carbons (Fsp3) is 0.0625. The molecule has 21 heavy (non-hydrogen) atoms. The molecule has 0 aliphatic carbocycles. The number of aldehydes is 1. The average Bonchev–Trinajstić information content (AvgIpc) is 2.84. The van der Waals surface area contributed by atoms with Crippen LogP contribution in [0, 0.1) is 0 Å². The maximum absolute atomic E-state index is 11.4. The largest absolute Gasteiger partial charge is 0.508 e. The standard InChI is InChI=1S/C16H12O5/c1-20-14-6-9(18)3-5-12(14)16-13(8-17)11-4-2-10(19)7-15(11)21-16/h2-8,18-19H,1H3. The van der Waals surface area contributed by atoms with Crippen LogP contribution in [-0.2, 0) is 0 Å². The van der Waals surface area contributed by atoms with E-state index in [0.29, 0.717) is 39.9 Å². The molecule has 0 aliphatic rings. The van der Waals surface area contributed by atoms with Crippen molar-refractivity contribution < 1.29 is 24.2 Å². The van der Waals surface area contributed by atoms with Crippen molar-refractivity contribution >= 4 is 17.3 Å². The highest BCUT2D eigenvalue weighted by atomic mass is 16.5. The second-order valence-electron chi connectivity index (χ2n) is 4.53. The van der Waals surface area contributed by atoms with Crippen LogP contribution in [-0.4, -0.2) is 23.6 Å². The SMILES string of the molecule is COc1cc(O)ccc1-c1oc2cc(O)ccc2c1C=O. The predicted molar refractivity (Wildman–Crippen MR) is 76.9 cm³/mol. The lowest BCUT2D eigenvalue weighted by Gasteiger charge is -2.07. The van der Waals surface area contributed by atoms with Gasteiger partial charge >= 0.3 is 0 Å². The Labute approximate surface area is 120 Å². The number of ether oxygens (including phenoxy) is 1. The van der Waals surface area contributed by atoms with E-state index in [1.165, 1.54) is 31.4 Å². The lowest BCUT2D eigenvalue weighted by molar-refractivity contribution is 0.112. The van der Waals surface area contributed by atoms with E-state index in [4.69, 9.17) is 9.15 Å². The van der Waals surface area contributed by atoms with Gasteiger partial charge in [0.2, 0.25) is 0 Å². The molecule has 0 radical (unpaired) electrons. The molecule has 3 aromatic rings. The first-order valence-corrected chi connectivity index (χ1v) is 6.22. The minimum atomic E-state index is 0.0528. The molecule has 0 spiro atoms. The minimum absolute atomic E-state index is 0.0528. The van der Waals surface area contributed by atoms with Crippen molar-refractivity contribution in [3.63, 3.8) is 0 Å². The first-order chi connectivity index (χ1) is 10.1. The molecule has 5 nitrogen and oxygen atoms in total. The highest BCUT2D eigenvalue weighted by Gasteiger charge is 2.19. The third-order valence-corrected chi connectivity index (χ3v) is 3.26. The van der Waals surface area contributed by atoms with Crippen LogP contribution in [0.3, 0.4) is 0 Å². The maximum atomic E-state index is 11.4. The zero-order valence-corrected chi connectivity index (χ0v) is 11.2. The summed E-state index contributed by atoms with van der Waals surface area (Å²) in [6.45, 7) is 0. The van der Waals surface area contributed by atoms with Crippen LogP contribution in [0.1, 0.15) is 10.4 Å². The van der Waals surface area contributed by atoms with Gasteiger partial charge in [-0.3, -0.25) is 4.79 Å². The Morgan fingerprint density at radius 2 is 1.81 bits per heavy atom.